The van der Waals surface area contributed by atoms with Gasteiger partial charge in [-0.1, -0.05) is 19.1 Å². The molecular formula is C20H23N3O2S. The third kappa shape index (κ3) is 3.15. The van der Waals surface area contributed by atoms with Crippen molar-refractivity contribution in [1.29, 1.82) is 0 Å². The molecular weight excluding hydrogens is 346 g/mol. The number of nitrogens with one attached hydrogen (secondary N) is 1. The average Bonchev–Trinajstić information content (AvgIpc) is 3.00. The lowest BCUT2D eigenvalue weighted by molar-refractivity contribution is 0.160. The first-order valence-electron chi connectivity index (χ1n) is 9.01. The molecule has 136 valence electrons. The third-order valence-electron chi connectivity index (χ3n) is 5.16. The highest BCUT2D eigenvalue weighted by Gasteiger charge is 2.24. The number of phenols is 1. The summed E-state index contributed by atoms with van der Waals surface area (Å²) in [5.41, 5.74) is 2.13. The molecule has 1 aliphatic carbocycles. The molecule has 0 fully saturated rings. The van der Waals surface area contributed by atoms with Gasteiger partial charge >= 0.3 is 0 Å². The quantitative estimate of drug-likeness (QED) is 0.646. The summed E-state index contributed by atoms with van der Waals surface area (Å²) in [4.78, 5) is 11.4. The molecule has 3 aromatic rings. The van der Waals surface area contributed by atoms with Gasteiger partial charge in [-0.05, 0) is 55.4 Å². The fourth-order valence-corrected chi connectivity index (χ4v) is 4.99. The predicted molar refractivity (Wildman–Crippen MR) is 105 cm³/mol. The largest absolute Gasteiger partial charge is 0.508 e. The molecule has 1 aromatic carbocycles. The fraction of sp³-hybridized carbons (Fsp3) is 0.400. The Kier molecular flexibility index (Phi) is 4.54. The van der Waals surface area contributed by atoms with Crippen molar-refractivity contribution in [2.45, 2.75) is 45.3 Å². The molecule has 1 aliphatic rings. The fourth-order valence-electron chi connectivity index (χ4n) is 3.64. The number of aryl methyl sites for hydroxylation is 1. The number of aliphatic hydroxyl groups is 1. The standard InChI is InChI=1S/C20H23N3O2S/c1-11-3-8-15-16(9-11)26-20-17(15)19(21-10-22-20)23-12(2)18(25)13-4-6-14(24)7-5-13/h4-7,10-12,18,24-25H,3,8-9H2,1-2H3,(H,21,22,23)/t11-,12+,18-/m1/s1. The van der Waals surface area contributed by atoms with Gasteiger partial charge < -0.3 is 15.5 Å². The van der Waals surface area contributed by atoms with Crippen molar-refractivity contribution < 1.29 is 10.2 Å². The normalized spacial score (nSPS) is 19.1. The molecule has 4 rings (SSSR count). The van der Waals surface area contributed by atoms with Crippen LogP contribution in [-0.4, -0.2) is 26.2 Å². The lowest BCUT2D eigenvalue weighted by atomic mass is 9.89. The van der Waals surface area contributed by atoms with Crippen LogP contribution < -0.4 is 5.32 Å². The van der Waals surface area contributed by atoms with Crippen molar-refractivity contribution in [2.24, 2.45) is 5.92 Å². The number of aromatic nitrogens is 2. The first kappa shape index (κ1) is 17.2. The second kappa shape index (κ2) is 6.85. The van der Waals surface area contributed by atoms with E-state index in [0.29, 0.717) is 0 Å². The van der Waals surface area contributed by atoms with Crippen molar-refractivity contribution in [3.8, 4) is 5.75 Å². The molecule has 0 bridgehead atoms. The Morgan fingerprint density at radius 3 is 2.77 bits per heavy atom. The first-order valence-corrected chi connectivity index (χ1v) is 9.83. The highest BCUT2D eigenvalue weighted by Crippen LogP contribution is 2.40. The first-order chi connectivity index (χ1) is 12.5. The summed E-state index contributed by atoms with van der Waals surface area (Å²) in [6.07, 6.45) is 4.26. The minimum atomic E-state index is -0.699. The van der Waals surface area contributed by atoms with E-state index in [9.17, 15) is 10.2 Å². The molecule has 0 radical (unpaired) electrons. The van der Waals surface area contributed by atoms with Crippen molar-refractivity contribution in [2.75, 3.05) is 5.32 Å². The van der Waals surface area contributed by atoms with Crippen molar-refractivity contribution in [1.82, 2.24) is 9.97 Å². The molecule has 0 spiro atoms. The number of rotatable bonds is 4. The molecule has 5 nitrogen and oxygen atoms in total. The van der Waals surface area contributed by atoms with E-state index in [0.717, 1.165) is 40.4 Å². The second-order valence-corrected chi connectivity index (χ2v) is 8.31. The van der Waals surface area contributed by atoms with Crippen molar-refractivity contribution >= 4 is 27.4 Å². The van der Waals surface area contributed by atoms with Crippen LogP contribution in [-0.2, 0) is 12.8 Å². The van der Waals surface area contributed by atoms with Gasteiger partial charge in [-0.15, -0.1) is 11.3 Å². The van der Waals surface area contributed by atoms with E-state index in [1.165, 1.54) is 16.9 Å². The van der Waals surface area contributed by atoms with E-state index < -0.39 is 6.10 Å². The van der Waals surface area contributed by atoms with Crippen LogP contribution in [0.3, 0.4) is 0 Å². The van der Waals surface area contributed by atoms with Gasteiger partial charge in [-0.25, -0.2) is 9.97 Å². The molecule has 0 unspecified atom stereocenters. The van der Waals surface area contributed by atoms with Gasteiger partial charge in [0.2, 0.25) is 0 Å². The Hall–Kier alpha value is -2.18. The summed E-state index contributed by atoms with van der Waals surface area (Å²) >= 11 is 1.77. The van der Waals surface area contributed by atoms with Gasteiger partial charge in [0.1, 0.15) is 22.7 Å². The smallest absolute Gasteiger partial charge is 0.138 e. The number of hydrogen-bond donors (Lipinski definition) is 3. The van der Waals surface area contributed by atoms with Gasteiger partial charge in [-0.3, -0.25) is 0 Å². The summed E-state index contributed by atoms with van der Waals surface area (Å²) in [6, 6.07) is 6.42. The number of nitrogens with zero attached hydrogens (tertiary/aromatic N) is 2. The Morgan fingerprint density at radius 2 is 2.00 bits per heavy atom. The molecule has 2 heterocycles. The monoisotopic (exact) mass is 369 g/mol. The van der Waals surface area contributed by atoms with E-state index in [4.69, 9.17) is 0 Å². The Morgan fingerprint density at radius 1 is 1.23 bits per heavy atom. The Labute approximate surface area is 156 Å². The Balaban J connectivity index is 1.63. The highest BCUT2D eigenvalue weighted by molar-refractivity contribution is 7.19. The minimum absolute atomic E-state index is 0.193. The Bertz CT molecular complexity index is 923. The van der Waals surface area contributed by atoms with Crippen LogP contribution in [0.1, 0.15) is 42.4 Å². The zero-order valence-electron chi connectivity index (χ0n) is 14.9. The van der Waals surface area contributed by atoms with Crippen LogP contribution in [0.25, 0.3) is 10.2 Å². The van der Waals surface area contributed by atoms with E-state index in [1.807, 2.05) is 6.92 Å². The maximum absolute atomic E-state index is 10.7. The lowest BCUT2D eigenvalue weighted by Crippen LogP contribution is -2.25. The number of fused-ring (bicyclic) bond motifs is 3. The van der Waals surface area contributed by atoms with Gasteiger partial charge in [-0.2, -0.15) is 0 Å². The summed E-state index contributed by atoms with van der Waals surface area (Å²) in [7, 11) is 0. The predicted octanol–water partition coefficient (Wildman–Crippen LogP) is 4.06. The van der Waals surface area contributed by atoms with Gasteiger partial charge in [0.05, 0.1) is 17.5 Å². The van der Waals surface area contributed by atoms with Crippen molar-refractivity contribution in [3.63, 3.8) is 0 Å². The summed E-state index contributed by atoms with van der Waals surface area (Å²) < 4.78 is 0. The average molecular weight is 369 g/mol. The maximum atomic E-state index is 10.7. The number of thiophene rings is 1. The highest BCUT2D eigenvalue weighted by atomic mass is 32.1. The number of anilines is 1. The molecule has 2 aromatic heterocycles. The molecule has 6 heteroatoms. The molecule has 26 heavy (non-hydrogen) atoms. The van der Waals surface area contributed by atoms with Crippen LogP contribution in [0.5, 0.6) is 5.75 Å². The van der Waals surface area contributed by atoms with Gasteiger partial charge in [0.15, 0.2) is 0 Å². The van der Waals surface area contributed by atoms with Crippen LogP contribution in [0.15, 0.2) is 30.6 Å². The maximum Gasteiger partial charge on any atom is 0.138 e. The van der Waals surface area contributed by atoms with Gasteiger partial charge in [0.25, 0.3) is 0 Å². The van der Waals surface area contributed by atoms with E-state index in [1.54, 1.807) is 41.9 Å². The third-order valence-corrected chi connectivity index (χ3v) is 6.33. The SMILES string of the molecule is C[C@@H]1CCc2c(sc3ncnc(N[C@@H](C)[C@@H](O)c4ccc(O)cc4)c23)C1. The molecule has 0 aliphatic heterocycles. The van der Waals surface area contributed by atoms with E-state index in [2.05, 4.69) is 22.2 Å². The zero-order chi connectivity index (χ0) is 18.3. The zero-order valence-corrected chi connectivity index (χ0v) is 15.8. The number of aliphatic hydroxyl groups excluding tert-OH is 1. The molecule has 0 saturated carbocycles. The lowest BCUT2D eigenvalue weighted by Gasteiger charge is -2.22. The molecule has 0 amide bonds. The van der Waals surface area contributed by atoms with Crippen LogP contribution in [0.4, 0.5) is 5.82 Å². The van der Waals surface area contributed by atoms with Gasteiger partial charge in [0, 0.05) is 4.88 Å². The van der Waals surface area contributed by atoms with E-state index >= 15 is 0 Å². The molecule has 3 atom stereocenters. The second-order valence-electron chi connectivity index (χ2n) is 7.22. The number of phenolic OH excluding ortho intramolecular Hbond substituents is 1. The topological polar surface area (TPSA) is 78.3 Å². The summed E-state index contributed by atoms with van der Waals surface area (Å²) in [6.45, 7) is 4.24. The number of aromatic hydroxyl groups is 1. The van der Waals surface area contributed by atoms with Crippen LogP contribution >= 0.6 is 11.3 Å². The summed E-state index contributed by atoms with van der Waals surface area (Å²) in [5.74, 6) is 1.71. The van der Waals surface area contributed by atoms with Crippen molar-refractivity contribution in [3.05, 3.63) is 46.6 Å². The molecule has 3 N–H and O–H groups in total. The number of hydrogen-bond acceptors (Lipinski definition) is 6. The molecule has 0 saturated heterocycles. The van der Waals surface area contributed by atoms with Crippen LogP contribution in [0.2, 0.25) is 0 Å². The van der Waals surface area contributed by atoms with Crippen LogP contribution in [0, 0.1) is 5.92 Å². The summed E-state index contributed by atoms with van der Waals surface area (Å²) in [5, 5.41) is 24.6. The number of benzene rings is 1. The minimum Gasteiger partial charge on any atom is -0.508 e. The van der Waals surface area contributed by atoms with E-state index in [-0.39, 0.29) is 11.8 Å².